The third-order valence-corrected chi connectivity index (χ3v) is 4.91. The van der Waals surface area contributed by atoms with Crippen LogP contribution >= 0.6 is 11.6 Å². The molecule has 21 heavy (non-hydrogen) atoms. The monoisotopic (exact) mass is 299 g/mol. The molecule has 0 saturated heterocycles. The van der Waals surface area contributed by atoms with Gasteiger partial charge in [-0.3, -0.25) is 4.90 Å². The first-order valence-electron chi connectivity index (χ1n) is 7.64. The summed E-state index contributed by atoms with van der Waals surface area (Å²) in [6.45, 7) is 7.33. The summed E-state index contributed by atoms with van der Waals surface area (Å²) in [4.78, 5) is 2.47. The molecule has 0 fully saturated rings. The Morgan fingerprint density at radius 3 is 2.57 bits per heavy atom. The Hall–Kier alpha value is -1.31. The minimum Gasteiger partial charge on any atom is -0.297 e. The smallest absolute Gasteiger partial charge is 0.0712 e. The second-order valence-electron chi connectivity index (χ2n) is 6.07. The van der Waals surface area contributed by atoms with Crippen molar-refractivity contribution >= 4 is 11.6 Å². The zero-order chi connectivity index (χ0) is 14.8. The molecular formula is C19H22ClN. The fourth-order valence-electron chi connectivity index (χ4n) is 3.00. The van der Waals surface area contributed by atoms with Gasteiger partial charge in [0.1, 0.15) is 0 Å². The molecule has 2 heteroatoms. The summed E-state index contributed by atoms with van der Waals surface area (Å²) in [5.41, 5.74) is 6.83. The Morgan fingerprint density at radius 2 is 1.81 bits per heavy atom. The highest BCUT2D eigenvalue weighted by atomic mass is 35.5. The molecule has 0 spiro atoms. The van der Waals surface area contributed by atoms with Gasteiger partial charge in [-0.2, -0.15) is 0 Å². The molecule has 110 valence electrons. The second kappa shape index (κ2) is 6.21. The van der Waals surface area contributed by atoms with E-state index in [0.717, 1.165) is 26.1 Å². The molecule has 0 amide bonds. The van der Waals surface area contributed by atoms with Gasteiger partial charge in [0.2, 0.25) is 0 Å². The van der Waals surface area contributed by atoms with Crippen LogP contribution in [0.1, 0.15) is 33.2 Å². The van der Waals surface area contributed by atoms with Crippen LogP contribution in [-0.4, -0.2) is 18.0 Å². The van der Waals surface area contributed by atoms with Crippen LogP contribution < -0.4 is 0 Å². The first-order chi connectivity index (χ1) is 10.1. The number of fused-ring (bicyclic) bond motifs is 1. The van der Waals surface area contributed by atoms with Crippen molar-refractivity contribution in [3.63, 3.8) is 0 Å². The van der Waals surface area contributed by atoms with Crippen molar-refractivity contribution in [2.75, 3.05) is 13.1 Å². The maximum Gasteiger partial charge on any atom is 0.0712 e. The Bertz CT molecular complexity index is 635. The number of halogens is 1. The maximum atomic E-state index is 6.65. The Morgan fingerprint density at radius 1 is 1.05 bits per heavy atom. The van der Waals surface area contributed by atoms with Gasteiger partial charge in [-0.25, -0.2) is 0 Å². The number of alkyl halides is 1. The average molecular weight is 300 g/mol. The molecule has 1 nitrogen and oxygen atoms in total. The fourth-order valence-corrected chi connectivity index (χ4v) is 3.33. The lowest BCUT2D eigenvalue weighted by molar-refractivity contribution is 0.254. The van der Waals surface area contributed by atoms with E-state index in [9.17, 15) is 0 Å². The van der Waals surface area contributed by atoms with Gasteiger partial charge < -0.3 is 0 Å². The summed E-state index contributed by atoms with van der Waals surface area (Å²) in [6, 6.07) is 15.3. The molecule has 0 bridgehead atoms. The number of rotatable bonds is 3. The summed E-state index contributed by atoms with van der Waals surface area (Å²) in [5, 5.41) is 0.0644. The van der Waals surface area contributed by atoms with Crippen molar-refractivity contribution in [3.8, 4) is 0 Å². The van der Waals surface area contributed by atoms with Gasteiger partial charge in [0.15, 0.2) is 0 Å². The Kier molecular flexibility index (Phi) is 4.32. The SMILES string of the molecule is Cc1ccc(C(Cl)CN2CCc3ccccc3C2)cc1C. The first kappa shape index (κ1) is 14.6. The van der Waals surface area contributed by atoms with Crippen LogP contribution in [0.2, 0.25) is 0 Å². The lowest BCUT2D eigenvalue weighted by Gasteiger charge is -2.30. The topological polar surface area (TPSA) is 3.24 Å². The van der Waals surface area contributed by atoms with Crippen molar-refractivity contribution in [1.82, 2.24) is 4.90 Å². The second-order valence-corrected chi connectivity index (χ2v) is 6.59. The zero-order valence-electron chi connectivity index (χ0n) is 12.8. The van der Waals surface area contributed by atoms with Crippen LogP contribution in [0.4, 0.5) is 0 Å². The molecule has 0 saturated carbocycles. The highest BCUT2D eigenvalue weighted by Crippen LogP contribution is 2.26. The van der Waals surface area contributed by atoms with Crippen LogP contribution in [0, 0.1) is 13.8 Å². The highest BCUT2D eigenvalue weighted by molar-refractivity contribution is 6.21. The maximum absolute atomic E-state index is 6.65. The Balaban J connectivity index is 1.68. The molecule has 1 atom stereocenters. The van der Waals surface area contributed by atoms with Crippen molar-refractivity contribution in [3.05, 3.63) is 70.3 Å². The molecule has 0 radical (unpaired) electrons. The van der Waals surface area contributed by atoms with Crippen LogP contribution in [-0.2, 0) is 13.0 Å². The average Bonchev–Trinajstić information content (AvgIpc) is 2.50. The third-order valence-electron chi connectivity index (χ3n) is 4.52. The van der Waals surface area contributed by atoms with Gasteiger partial charge in [-0.15, -0.1) is 11.6 Å². The van der Waals surface area contributed by atoms with Gasteiger partial charge in [0, 0.05) is 19.6 Å². The molecule has 0 N–H and O–H groups in total. The molecule has 1 unspecified atom stereocenters. The summed E-state index contributed by atoms with van der Waals surface area (Å²) >= 11 is 6.65. The van der Waals surface area contributed by atoms with Crippen LogP contribution in [0.5, 0.6) is 0 Å². The standard InChI is InChI=1S/C19H22ClN/c1-14-7-8-17(11-15(14)2)19(20)13-21-10-9-16-5-3-4-6-18(16)12-21/h3-8,11,19H,9-10,12-13H2,1-2H3. The summed E-state index contributed by atoms with van der Waals surface area (Å²) in [5.74, 6) is 0. The van der Waals surface area contributed by atoms with Crippen LogP contribution in [0.25, 0.3) is 0 Å². The molecule has 1 aliphatic heterocycles. The third kappa shape index (κ3) is 3.30. The molecule has 2 aromatic carbocycles. The van der Waals surface area contributed by atoms with Gasteiger partial charge in [-0.1, -0.05) is 42.5 Å². The van der Waals surface area contributed by atoms with Gasteiger partial charge in [-0.05, 0) is 48.1 Å². The summed E-state index contributed by atoms with van der Waals surface area (Å²) in [7, 11) is 0. The number of hydrogen-bond acceptors (Lipinski definition) is 1. The number of aryl methyl sites for hydroxylation is 2. The molecule has 3 rings (SSSR count). The van der Waals surface area contributed by atoms with Crippen molar-refractivity contribution in [2.45, 2.75) is 32.2 Å². The van der Waals surface area contributed by atoms with Gasteiger partial charge in [0.05, 0.1) is 5.38 Å². The van der Waals surface area contributed by atoms with E-state index in [1.54, 1.807) is 0 Å². The molecule has 1 aliphatic rings. The highest BCUT2D eigenvalue weighted by Gasteiger charge is 2.19. The zero-order valence-corrected chi connectivity index (χ0v) is 13.5. The molecular weight excluding hydrogens is 278 g/mol. The number of hydrogen-bond donors (Lipinski definition) is 0. The van der Waals surface area contributed by atoms with E-state index in [2.05, 4.69) is 61.2 Å². The number of benzene rings is 2. The first-order valence-corrected chi connectivity index (χ1v) is 8.07. The van der Waals surface area contributed by atoms with E-state index in [4.69, 9.17) is 11.6 Å². The molecule has 2 aromatic rings. The summed E-state index contributed by atoms with van der Waals surface area (Å²) < 4.78 is 0. The quantitative estimate of drug-likeness (QED) is 0.746. The van der Waals surface area contributed by atoms with Crippen LogP contribution in [0.3, 0.4) is 0 Å². The molecule has 1 heterocycles. The number of nitrogens with zero attached hydrogens (tertiary/aromatic N) is 1. The lowest BCUT2D eigenvalue weighted by Crippen LogP contribution is -2.33. The van der Waals surface area contributed by atoms with Crippen molar-refractivity contribution < 1.29 is 0 Å². The van der Waals surface area contributed by atoms with E-state index in [-0.39, 0.29) is 5.38 Å². The van der Waals surface area contributed by atoms with Crippen molar-refractivity contribution in [2.24, 2.45) is 0 Å². The van der Waals surface area contributed by atoms with Crippen LogP contribution in [0.15, 0.2) is 42.5 Å². The lowest BCUT2D eigenvalue weighted by atomic mass is 9.99. The molecule has 0 aromatic heterocycles. The fraction of sp³-hybridized carbons (Fsp3) is 0.368. The molecule has 0 aliphatic carbocycles. The minimum atomic E-state index is 0.0644. The van der Waals surface area contributed by atoms with E-state index in [1.165, 1.54) is 27.8 Å². The minimum absolute atomic E-state index is 0.0644. The van der Waals surface area contributed by atoms with Gasteiger partial charge >= 0.3 is 0 Å². The van der Waals surface area contributed by atoms with E-state index < -0.39 is 0 Å². The largest absolute Gasteiger partial charge is 0.297 e. The van der Waals surface area contributed by atoms with E-state index in [0.29, 0.717) is 0 Å². The van der Waals surface area contributed by atoms with E-state index in [1.807, 2.05) is 0 Å². The van der Waals surface area contributed by atoms with E-state index >= 15 is 0 Å². The van der Waals surface area contributed by atoms with Crippen molar-refractivity contribution in [1.29, 1.82) is 0 Å². The van der Waals surface area contributed by atoms with Gasteiger partial charge in [0.25, 0.3) is 0 Å². The predicted octanol–water partition coefficient (Wildman–Crippen LogP) is 4.64. The Labute approximate surface area is 132 Å². The predicted molar refractivity (Wildman–Crippen MR) is 89.9 cm³/mol. The summed E-state index contributed by atoms with van der Waals surface area (Å²) in [6.07, 6.45) is 1.13. The normalized spacial score (nSPS) is 16.5.